The van der Waals surface area contributed by atoms with Crippen LogP contribution in [0.1, 0.15) is 65.8 Å². The molecule has 4 fully saturated rings. The van der Waals surface area contributed by atoms with Crippen molar-refractivity contribution in [3.8, 4) is 5.69 Å². The van der Waals surface area contributed by atoms with Crippen molar-refractivity contribution in [3.63, 3.8) is 0 Å². The standard InChI is InChI=1S/C26H31NO3/c1-16-4-6-22(7-5-16)27-17(2)8-23(18(27)3)25(29)30-15-24(28)26-12-19-9-20(13-26)11-21(10-19)14-26/h4-8,19-21H,9-15H2,1-3H3. The Kier molecular flexibility index (Phi) is 4.64. The molecule has 2 aromatic rings. The highest BCUT2D eigenvalue weighted by Crippen LogP contribution is 2.60. The highest BCUT2D eigenvalue weighted by atomic mass is 16.5. The van der Waals surface area contributed by atoms with E-state index < -0.39 is 0 Å². The maximum absolute atomic E-state index is 13.2. The number of esters is 1. The third-order valence-corrected chi connectivity index (χ3v) is 7.91. The summed E-state index contributed by atoms with van der Waals surface area (Å²) in [5.41, 5.74) is 4.39. The second-order valence-electron chi connectivity index (χ2n) is 10.2. The summed E-state index contributed by atoms with van der Waals surface area (Å²) in [5, 5.41) is 0. The number of aromatic nitrogens is 1. The van der Waals surface area contributed by atoms with E-state index in [4.69, 9.17) is 4.74 Å². The first-order valence-electron chi connectivity index (χ1n) is 11.3. The number of benzene rings is 1. The quantitative estimate of drug-likeness (QED) is 0.631. The van der Waals surface area contributed by atoms with Crippen molar-refractivity contribution in [1.82, 2.24) is 4.57 Å². The van der Waals surface area contributed by atoms with Crippen molar-refractivity contribution in [2.75, 3.05) is 6.61 Å². The summed E-state index contributed by atoms with van der Waals surface area (Å²) >= 11 is 0. The van der Waals surface area contributed by atoms with E-state index in [1.165, 1.54) is 24.8 Å². The third-order valence-electron chi connectivity index (χ3n) is 7.91. The number of ether oxygens (including phenoxy) is 1. The molecule has 0 saturated heterocycles. The van der Waals surface area contributed by atoms with Crippen LogP contribution in [0.4, 0.5) is 0 Å². The molecule has 4 aliphatic carbocycles. The Balaban J connectivity index is 1.30. The Morgan fingerprint density at radius 3 is 2.10 bits per heavy atom. The first-order valence-corrected chi connectivity index (χ1v) is 11.3. The van der Waals surface area contributed by atoms with Crippen molar-refractivity contribution in [2.24, 2.45) is 23.2 Å². The van der Waals surface area contributed by atoms with Crippen LogP contribution in [0.25, 0.3) is 5.69 Å². The lowest BCUT2D eigenvalue weighted by atomic mass is 9.48. The van der Waals surface area contributed by atoms with Gasteiger partial charge in [0.25, 0.3) is 0 Å². The van der Waals surface area contributed by atoms with Crippen molar-refractivity contribution < 1.29 is 14.3 Å². The average molecular weight is 406 g/mol. The fourth-order valence-corrected chi connectivity index (χ4v) is 6.87. The molecule has 6 rings (SSSR count). The van der Waals surface area contributed by atoms with E-state index in [0.717, 1.165) is 36.3 Å². The number of hydrogen-bond acceptors (Lipinski definition) is 3. The highest BCUT2D eigenvalue weighted by Gasteiger charge is 2.54. The molecule has 4 heteroatoms. The van der Waals surface area contributed by atoms with Gasteiger partial charge in [-0.25, -0.2) is 4.79 Å². The summed E-state index contributed by atoms with van der Waals surface area (Å²) in [5.74, 6) is 1.90. The number of ketones is 1. The molecule has 1 heterocycles. The topological polar surface area (TPSA) is 48.3 Å². The molecule has 0 spiro atoms. The fourth-order valence-electron chi connectivity index (χ4n) is 6.87. The Morgan fingerprint density at radius 1 is 0.967 bits per heavy atom. The van der Waals surface area contributed by atoms with Gasteiger partial charge in [0.1, 0.15) is 0 Å². The second kappa shape index (κ2) is 7.11. The Labute approximate surface area is 178 Å². The summed E-state index contributed by atoms with van der Waals surface area (Å²) in [6.07, 6.45) is 6.94. The number of carbonyl (C=O) groups is 2. The first kappa shape index (κ1) is 19.6. The smallest absolute Gasteiger partial charge is 0.340 e. The van der Waals surface area contributed by atoms with Crippen LogP contribution in [0.5, 0.6) is 0 Å². The van der Waals surface area contributed by atoms with Crippen molar-refractivity contribution in [2.45, 2.75) is 59.3 Å². The Bertz CT molecular complexity index is 963. The van der Waals surface area contributed by atoms with Crippen LogP contribution in [0.15, 0.2) is 30.3 Å². The molecule has 0 radical (unpaired) electrons. The minimum atomic E-state index is -0.389. The van der Waals surface area contributed by atoms with Gasteiger partial charge in [0.15, 0.2) is 12.4 Å². The van der Waals surface area contributed by atoms with Gasteiger partial charge in [0.05, 0.1) is 5.56 Å². The van der Waals surface area contributed by atoms with Crippen LogP contribution in [-0.4, -0.2) is 22.9 Å². The molecule has 30 heavy (non-hydrogen) atoms. The maximum Gasteiger partial charge on any atom is 0.340 e. The van der Waals surface area contributed by atoms with E-state index in [1.54, 1.807) is 0 Å². The molecular weight excluding hydrogens is 374 g/mol. The summed E-state index contributed by atoms with van der Waals surface area (Å²) in [7, 11) is 0. The van der Waals surface area contributed by atoms with Gasteiger partial charge in [-0.3, -0.25) is 4.79 Å². The summed E-state index contributed by atoms with van der Waals surface area (Å²) < 4.78 is 7.65. The SMILES string of the molecule is Cc1ccc(-n2c(C)cc(C(=O)OCC(=O)C34CC5CC(CC(C5)C3)C4)c2C)cc1. The number of hydrogen-bond donors (Lipinski definition) is 0. The number of rotatable bonds is 5. The molecule has 1 aromatic carbocycles. The summed E-state index contributed by atoms with van der Waals surface area (Å²) in [6.45, 7) is 5.90. The third kappa shape index (κ3) is 3.21. The monoisotopic (exact) mass is 405 g/mol. The molecule has 0 aliphatic heterocycles. The summed E-state index contributed by atoms with van der Waals surface area (Å²) in [4.78, 5) is 26.0. The predicted molar refractivity (Wildman–Crippen MR) is 116 cm³/mol. The molecule has 4 nitrogen and oxygen atoms in total. The zero-order chi connectivity index (χ0) is 21.0. The van der Waals surface area contributed by atoms with E-state index >= 15 is 0 Å². The number of carbonyl (C=O) groups excluding carboxylic acids is 2. The fraction of sp³-hybridized carbons (Fsp3) is 0.538. The van der Waals surface area contributed by atoms with Crippen molar-refractivity contribution >= 4 is 11.8 Å². The Morgan fingerprint density at radius 2 is 1.53 bits per heavy atom. The summed E-state index contributed by atoms with van der Waals surface area (Å²) in [6, 6.07) is 10.1. The van der Waals surface area contributed by atoms with Gasteiger partial charge in [-0.1, -0.05) is 17.7 Å². The van der Waals surface area contributed by atoms with Crippen LogP contribution in [0.3, 0.4) is 0 Å². The molecule has 0 atom stereocenters. The molecule has 0 amide bonds. The average Bonchev–Trinajstić information content (AvgIpc) is 3.00. The van der Waals surface area contributed by atoms with Crippen LogP contribution < -0.4 is 0 Å². The van der Waals surface area contributed by atoms with Crippen molar-refractivity contribution in [3.05, 3.63) is 52.8 Å². The zero-order valence-electron chi connectivity index (χ0n) is 18.2. The molecule has 1 aromatic heterocycles. The van der Waals surface area contributed by atoms with Gasteiger partial charge >= 0.3 is 5.97 Å². The maximum atomic E-state index is 13.2. The van der Waals surface area contributed by atoms with Gasteiger partial charge in [-0.05, 0) is 95.2 Å². The number of nitrogens with zero attached hydrogens (tertiary/aromatic N) is 1. The minimum absolute atomic E-state index is 0.0841. The molecule has 4 bridgehead atoms. The van der Waals surface area contributed by atoms with E-state index in [2.05, 4.69) is 35.8 Å². The van der Waals surface area contributed by atoms with Gasteiger partial charge in [0, 0.05) is 22.5 Å². The zero-order valence-corrected chi connectivity index (χ0v) is 18.2. The van der Waals surface area contributed by atoms with Crippen LogP contribution in [0.2, 0.25) is 0 Å². The van der Waals surface area contributed by atoms with Gasteiger partial charge in [0.2, 0.25) is 0 Å². The highest BCUT2D eigenvalue weighted by molar-refractivity contribution is 5.94. The van der Waals surface area contributed by atoms with E-state index in [1.807, 2.05) is 19.9 Å². The van der Waals surface area contributed by atoms with Crippen LogP contribution >= 0.6 is 0 Å². The molecule has 0 unspecified atom stereocenters. The number of aryl methyl sites for hydroxylation is 2. The lowest BCUT2D eigenvalue weighted by Gasteiger charge is -2.55. The lowest BCUT2D eigenvalue weighted by Crippen LogP contribution is -2.51. The molecule has 4 aliphatic rings. The molecule has 158 valence electrons. The molecule has 4 saturated carbocycles. The van der Waals surface area contributed by atoms with E-state index in [-0.39, 0.29) is 23.8 Å². The second-order valence-corrected chi connectivity index (χ2v) is 10.2. The van der Waals surface area contributed by atoms with E-state index in [0.29, 0.717) is 23.3 Å². The largest absolute Gasteiger partial charge is 0.454 e. The Hall–Kier alpha value is -2.36. The predicted octanol–water partition coefficient (Wildman–Crippen LogP) is 5.34. The molecular formula is C26H31NO3. The van der Waals surface area contributed by atoms with Crippen LogP contribution in [-0.2, 0) is 9.53 Å². The first-order chi connectivity index (χ1) is 14.3. The minimum Gasteiger partial charge on any atom is -0.454 e. The normalized spacial score (nSPS) is 29.2. The van der Waals surface area contributed by atoms with Crippen molar-refractivity contribution in [1.29, 1.82) is 0 Å². The van der Waals surface area contributed by atoms with Gasteiger partial charge in [-0.15, -0.1) is 0 Å². The van der Waals surface area contributed by atoms with Gasteiger partial charge < -0.3 is 9.30 Å². The van der Waals surface area contributed by atoms with E-state index in [9.17, 15) is 9.59 Å². The number of Topliss-reactive ketones (excluding diaryl/α,β-unsaturated/α-hetero) is 1. The van der Waals surface area contributed by atoms with Gasteiger partial charge in [-0.2, -0.15) is 0 Å². The lowest BCUT2D eigenvalue weighted by molar-refractivity contribution is -0.147. The molecule has 0 N–H and O–H groups in total. The van der Waals surface area contributed by atoms with Crippen LogP contribution in [0, 0.1) is 43.9 Å².